The molecular weight excluding hydrogens is 348 g/mol. The molecule has 3 heterocycles. The minimum absolute atomic E-state index is 0.318. The summed E-state index contributed by atoms with van der Waals surface area (Å²) in [4.78, 5) is 8.64. The Bertz CT molecular complexity index is 906. The number of hydrogen-bond acceptors (Lipinski definition) is 9. The third kappa shape index (κ3) is 3.83. The predicted molar refractivity (Wildman–Crippen MR) is 99.9 cm³/mol. The Balaban J connectivity index is 1.52. The first-order valence-corrected chi connectivity index (χ1v) is 8.56. The number of methoxy groups -OCH3 is 1. The van der Waals surface area contributed by atoms with Gasteiger partial charge in [-0.1, -0.05) is 5.16 Å². The highest BCUT2D eigenvalue weighted by Gasteiger charge is 2.16. The van der Waals surface area contributed by atoms with E-state index in [1.807, 2.05) is 35.3 Å². The third-order valence-electron chi connectivity index (χ3n) is 4.25. The van der Waals surface area contributed by atoms with Gasteiger partial charge in [-0.3, -0.25) is 5.43 Å². The van der Waals surface area contributed by atoms with Crippen LogP contribution in [0, 0.1) is 0 Å². The van der Waals surface area contributed by atoms with Gasteiger partial charge in [0, 0.05) is 30.9 Å². The number of aromatic nitrogens is 3. The van der Waals surface area contributed by atoms with E-state index in [1.54, 1.807) is 13.3 Å². The summed E-state index contributed by atoms with van der Waals surface area (Å²) >= 11 is 0. The number of anilines is 2. The first-order chi connectivity index (χ1) is 13.2. The Morgan fingerprint density at radius 1 is 1.19 bits per heavy atom. The lowest BCUT2D eigenvalue weighted by Gasteiger charge is -2.26. The Morgan fingerprint density at radius 3 is 2.67 bits per heavy atom. The number of hydrazine groups is 1. The van der Waals surface area contributed by atoms with Crippen LogP contribution in [-0.4, -0.2) is 53.5 Å². The summed E-state index contributed by atoms with van der Waals surface area (Å²) in [7, 11) is 1.63. The zero-order valence-electron chi connectivity index (χ0n) is 14.9. The summed E-state index contributed by atoms with van der Waals surface area (Å²) in [6.07, 6.45) is 1.63. The van der Waals surface area contributed by atoms with Crippen molar-refractivity contribution in [3.63, 3.8) is 0 Å². The maximum atomic E-state index is 6.11. The van der Waals surface area contributed by atoms with Crippen LogP contribution >= 0.6 is 0 Å². The molecule has 1 aliphatic rings. The number of nitrogen functional groups attached to an aromatic ring is 1. The van der Waals surface area contributed by atoms with Crippen LogP contribution in [0.25, 0.3) is 22.6 Å². The van der Waals surface area contributed by atoms with E-state index in [1.165, 1.54) is 0 Å². The molecule has 3 N–H and O–H groups in total. The van der Waals surface area contributed by atoms with Crippen molar-refractivity contribution in [2.75, 3.05) is 44.6 Å². The van der Waals surface area contributed by atoms with Crippen LogP contribution in [0.4, 0.5) is 11.8 Å². The van der Waals surface area contributed by atoms with Crippen LogP contribution in [0.2, 0.25) is 0 Å². The summed E-state index contributed by atoms with van der Waals surface area (Å²) in [5, 5.41) is 6.11. The largest absolute Gasteiger partial charge is 0.497 e. The minimum atomic E-state index is 0.318. The van der Waals surface area contributed by atoms with Gasteiger partial charge in [0.1, 0.15) is 17.3 Å². The van der Waals surface area contributed by atoms with Crippen molar-refractivity contribution >= 4 is 11.8 Å². The molecule has 9 nitrogen and oxygen atoms in total. The summed E-state index contributed by atoms with van der Waals surface area (Å²) in [6.45, 7) is 2.87. The molecule has 1 aromatic carbocycles. The highest BCUT2D eigenvalue weighted by Crippen LogP contribution is 2.29. The predicted octanol–water partition coefficient (Wildman–Crippen LogP) is 2.05. The average molecular weight is 368 g/mol. The van der Waals surface area contributed by atoms with Crippen LogP contribution in [-0.2, 0) is 4.74 Å². The second-order valence-electron chi connectivity index (χ2n) is 6.01. The van der Waals surface area contributed by atoms with Gasteiger partial charge in [0.15, 0.2) is 5.76 Å². The normalized spacial score (nSPS) is 14.9. The van der Waals surface area contributed by atoms with Gasteiger partial charge in [-0.05, 0) is 24.3 Å². The SMILES string of the molecule is COc1ccc(-c2cc(-c3cnc(NN4CCOCC4)nc3N)on2)cc1. The van der Waals surface area contributed by atoms with Crippen LogP contribution in [0.5, 0.6) is 5.75 Å². The van der Waals surface area contributed by atoms with Gasteiger partial charge in [0.05, 0.1) is 25.9 Å². The van der Waals surface area contributed by atoms with E-state index in [-0.39, 0.29) is 0 Å². The lowest BCUT2D eigenvalue weighted by atomic mass is 10.1. The minimum Gasteiger partial charge on any atom is -0.497 e. The van der Waals surface area contributed by atoms with E-state index in [2.05, 4.69) is 20.6 Å². The molecule has 1 aliphatic heterocycles. The van der Waals surface area contributed by atoms with Crippen molar-refractivity contribution < 1.29 is 14.0 Å². The molecule has 0 bridgehead atoms. The topological polar surface area (TPSA) is 112 Å². The van der Waals surface area contributed by atoms with Gasteiger partial charge in [-0.25, -0.2) is 9.99 Å². The summed E-state index contributed by atoms with van der Waals surface area (Å²) in [6, 6.07) is 9.37. The van der Waals surface area contributed by atoms with E-state index in [0.717, 1.165) is 24.4 Å². The fraction of sp³-hybridized carbons (Fsp3) is 0.278. The highest BCUT2D eigenvalue weighted by molar-refractivity contribution is 5.73. The molecular formula is C18H20N6O3. The molecule has 140 valence electrons. The Hall–Kier alpha value is -3.17. The van der Waals surface area contributed by atoms with E-state index in [4.69, 9.17) is 19.7 Å². The maximum Gasteiger partial charge on any atom is 0.239 e. The zero-order valence-corrected chi connectivity index (χ0v) is 14.9. The van der Waals surface area contributed by atoms with Crippen molar-refractivity contribution in [3.8, 4) is 28.3 Å². The van der Waals surface area contributed by atoms with E-state index >= 15 is 0 Å². The maximum absolute atomic E-state index is 6.11. The monoisotopic (exact) mass is 368 g/mol. The molecule has 3 aromatic rings. The van der Waals surface area contributed by atoms with Crippen molar-refractivity contribution in [3.05, 3.63) is 36.5 Å². The number of benzene rings is 1. The molecule has 4 rings (SSSR count). The van der Waals surface area contributed by atoms with Gasteiger partial charge in [0.2, 0.25) is 5.95 Å². The highest BCUT2D eigenvalue weighted by atomic mass is 16.5. The second kappa shape index (κ2) is 7.60. The van der Waals surface area contributed by atoms with Crippen molar-refractivity contribution in [1.82, 2.24) is 20.1 Å². The Kier molecular flexibility index (Phi) is 4.86. The molecule has 1 fully saturated rings. The number of rotatable bonds is 5. The smallest absolute Gasteiger partial charge is 0.239 e. The van der Waals surface area contributed by atoms with Crippen LogP contribution in [0.15, 0.2) is 41.1 Å². The quantitative estimate of drug-likeness (QED) is 0.698. The molecule has 0 aliphatic carbocycles. The van der Waals surface area contributed by atoms with Crippen molar-refractivity contribution in [2.24, 2.45) is 0 Å². The average Bonchev–Trinajstić information content (AvgIpc) is 3.19. The van der Waals surface area contributed by atoms with Gasteiger partial charge in [-0.2, -0.15) is 4.98 Å². The first-order valence-electron chi connectivity index (χ1n) is 8.56. The van der Waals surface area contributed by atoms with Crippen molar-refractivity contribution in [1.29, 1.82) is 0 Å². The van der Waals surface area contributed by atoms with Gasteiger partial charge in [0.25, 0.3) is 0 Å². The molecule has 0 unspecified atom stereocenters. The van der Waals surface area contributed by atoms with E-state index in [9.17, 15) is 0 Å². The van der Waals surface area contributed by atoms with Crippen LogP contribution in [0.1, 0.15) is 0 Å². The number of hydrogen-bond donors (Lipinski definition) is 2. The zero-order chi connectivity index (χ0) is 18.6. The fourth-order valence-electron chi connectivity index (χ4n) is 2.76. The first kappa shape index (κ1) is 17.3. The molecule has 0 amide bonds. The number of nitrogens with zero attached hydrogens (tertiary/aromatic N) is 4. The lowest BCUT2D eigenvalue weighted by molar-refractivity contribution is 0.0493. The third-order valence-corrected chi connectivity index (χ3v) is 4.25. The molecule has 9 heteroatoms. The second-order valence-corrected chi connectivity index (χ2v) is 6.01. The summed E-state index contributed by atoms with van der Waals surface area (Å²) in [5.74, 6) is 2.05. The van der Waals surface area contributed by atoms with Gasteiger partial charge in [-0.15, -0.1) is 0 Å². The lowest BCUT2D eigenvalue weighted by Crippen LogP contribution is -2.40. The molecule has 0 atom stereocenters. The van der Waals surface area contributed by atoms with Crippen LogP contribution in [0.3, 0.4) is 0 Å². The van der Waals surface area contributed by atoms with Crippen molar-refractivity contribution in [2.45, 2.75) is 0 Å². The van der Waals surface area contributed by atoms with E-state index < -0.39 is 0 Å². The molecule has 0 saturated carbocycles. The standard InChI is InChI=1S/C18H20N6O3/c1-25-13-4-2-12(3-5-13)15-10-16(27-23-15)14-11-20-18(21-17(14)19)22-24-6-8-26-9-7-24/h2-5,10-11H,6-9H2,1H3,(H3,19,20,21,22). The van der Waals surface area contributed by atoms with Crippen LogP contribution < -0.4 is 15.9 Å². The number of nitrogens with two attached hydrogens (primary N) is 1. The summed E-state index contributed by atoms with van der Waals surface area (Å²) in [5.41, 5.74) is 11.4. The Morgan fingerprint density at radius 2 is 1.96 bits per heavy atom. The molecule has 0 radical (unpaired) electrons. The Labute approximate surface area is 156 Å². The number of ether oxygens (including phenoxy) is 2. The number of morpholine rings is 1. The molecule has 1 saturated heterocycles. The van der Waals surface area contributed by atoms with E-state index in [0.29, 0.717) is 42.0 Å². The van der Waals surface area contributed by atoms with Gasteiger partial charge < -0.3 is 19.7 Å². The summed E-state index contributed by atoms with van der Waals surface area (Å²) < 4.78 is 15.9. The molecule has 2 aromatic heterocycles. The number of nitrogens with one attached hydrogen (secondary N) is 1. The van der Waals surface area contributed by atoms with Gasteiger partial charge >= 0.3 is 0 Å². The fourth-order valence-corrected chi connectivity index (χ4v) is 2.76. The molecule has 0 spiro atoms. The molecule has 27 heavy (non-hydrogen) atoms.